The highest BCUT2D eigenvalue weighted by Gasteiger charge is 2.26. The molecule has 1 fully saturated rings. The number of para-hydroxylation sites is 1. The normalized spacial score (nSPS) is 16.4. The van der Waals surface area contributed by atoms with E-state index in [-0.39, 0.29) is 10.6 Å². The van der Waals surface area contributed by atoms with Crippen molar-refractivity contribution < 1.29 is 22.3 Å². The van der Waals surface area contributed by atoms with Gasteiger partial charge in [0.25, 0.3) is 5.91 Å². The second kappa shape index (κ2) is 8.70. The number of ether oxygens (including phenoxy) is 1. The molecule has 6 nitrogen and oxygen atoms in total. The van der Waals surface area contributed by atoms with E-state index in [4.69, 9.17) is 4.74 Å². The van der Waals surface area contributed by atoms with Gasteiger partial charge in [-0.1, -0.05) is 24.6 Å². The average molecular weight is 406 g/mol. The molecule has 0 aromatic heterocycles. The quantitative estimate of drug-likeness (QED) is 0.798. The van der Waals surface area contributed by atoms with Crippen LogP contribution in [-0.2, 0) is 14.8 Å². The number of halogens is 1. The van der Waals surface area contributed by atoms with Gasteiger partial charge in [-0.05, 0) is 50.1 Å². The fraction of sp³-hybridized carbons (Fsp3) is 0.350. The van der Waals surface area contributed by atoms with Gasteiger partial charge in [-0.25, -0.2) is 12.8 Å². The van der Waals surface area contributed by atoms with Gasteiger partial charge in [0.2, 0.25) is 10.0 Å². The Morgan fingerprint density at radius 1 is 1.11 bits per heavy atom. The zero-order valence-corrected chi connectivity index (χ0v) is 16.4. The van der Waals surface area contributed by atoms with Crippen molar-refractivity contribution in [2.75, 3.05) is 18.4 Å². The number of carbonyl (C=O) groups is 1. The summed E-state index contributed by atoms with van der Waals surface area (Å²) in [5.41, 5.74) is 0.340. The average Bonchev–Trinajstić information content (AvgIpc) is 2.70. The fourth-order valence-electron chi connectivity index (χ4n) is 3.02. The predicted molar refractivity (Wildman–Crippen MR) is 104 cm³/mol. The van der Waals surface area contributed by atoms with Crippen molar-refractivity contribution in [3.63, 3.8) is 0 Å². The van der Waals surface area contributed by atoms with E-state index in [1.54, 1.807) is 18.2 Å². The van der Waals surface area contributed by atoms with Crippen molar-refractivity contribution in [3.05, 3.63) is 54.3 Å². The summed E-state index contributed by atoms with van der Waals surface area (Å²) in [7, 11) is -3.59. The first-order chi connectivity index (χ1) is 13.4. The molecule has 2 aromatic carbocycles. The van der Waals surface area contributed by atoms with E-state index in [0.29, 0.717) is 18.8 Å². The number of nitrogens with one attached hydrogen (secondary N) is 1. The molecule has 1 amide bonds. The van der Waals surface area contributed by atoms with E-state index in [1.165, 1.54) is 41.6 Å². The molecule has 28 heavy (non-hydrogen) atoms. The van der Waals surface area contributed by atoms with Gasteiger partial charge in [-0.2, -0.15) is 4.31 Å². The second-order valence-corrected chi connectivity index (χ2v) is 8.61. The number of sulfonamides is 1. The number of carbonyl (C=O) groups excluding carboxylic acids is 1. The smallest absolute Gasteiger partial charge is 0.265 e. The van der Waals surface area contributed by atoms with Crippen LogP contribution in [0.4, 0.5) is 10.1 Å². The molecule has 1 unspecified atom stereocenters. The van der Waals surface area contributed by atoms with Crippen LogP contribution in [0.15, 0.2) is 53.4 Å². The molecule has 0 saturated carbocycles. The largest absolute Gasteiger partial charge is 0.478 e. The minimum absolute atomic E-state index is 0.0217. The summed E-state index contributed by atoms with van der Waals surface area (Å²) in [5.74, 6) is -1.08. The first-order valence-corrected chi connectivity index (χ1v) is 10.6. The van der Waals surface area contributed by atoms with Crippen molar-refractivity contribution >= 4 is 21.6 Å². The Bertz CT molecular complexity index is 943. The van der Waals surface area contributed by atoms with Crippen molar-refractivity contribution in [1.29, 1.82) is 0 Å². The van der Waals surface area contributed by atoms with Crippen molar-refractivity contribution in [1.82, 2.24) is 4.31 Å². The van der Waals surface area contributed by atoms with Crippen LogP contribution in [0, 0.1) is 5.82 Å². The number of benzene rings is 2. The summed E-state index contributed by atoms with van der Waals surface area (Å²) in [6.45, 7) is 2.51. The Balaban J connectivity index is 1.70. The first kappa shape index (κ1) is 20.3. The molecule has 1 N–H and O–H groups in total. The van der Waals surface area contributed by atoms with E-state index in [1.807, 2.05) is 0 Å². The van der Waals surface area contributed by atoms with Crippen LogP contribution in [0.3, 0.4) is 0 Å². The van der Waals surface area contributed by atoms with Crippen LogP contribution in [-0.4, -0.2) is 37.8 Å². The molecule has 8 heteroatoms. The molecule has 1 saturated heterocycles. The monoisotopic (exact) mass is 406 g/mol. The van der Waals surface area contributed by atoms with Crippen LogP contribution in [0.2, 0.25) is 0 Å². The number of amides is 1. The molecule has 0 bridgehead atoms. The van der Waals surface area contributed by atoms with Crippen molar-refractivity contribution in [2.45, 2.75) is 37.2 Å². The van der Waals surface area contributed by atoms with E-state index in [9.17, 15) is 17.6 Å². The standard InChI is InChI=1S/C20H23FN2O4S/c1-15(27-19-11-4-3-10-18(19)21)20(24)22-16-8-7-9-17(14-16)28(25,26)23-12-5-2-6-13-23/h3-4,7-11,14-15H,2,5-6,12-13H2,1H3,(H,22,24). The topological polar surface area (TPSA) is 75.7 Å². The number of rotatable bonds is 6. The summed E-state index contributed by atoms with van der Waals surface area (Å²) < 4.78 is 46.1. The molecular weight excluding hydrogens is 383 g/mol. The lowest BCUT2D eigenvalue weighted by atomic mass is 10.2. The lowest BCUT2D eigenvalue weighted by Gasteiger charge is -2.26. The molecule has 150 valence electrons. The van der Waals surface area contributed by atoms with E-state index < -0.39 is 27.9 Å². The van der Waals surface area contributed by atoms with Gasteiger partial charge in [0.1, 0.15) is 0 Å². The zero-order chi connectivity index (χ0) is 20.1. The maximum atomic E-state index is 13.7. The molecule has 0 radical (unpaired) electrons. The predicted octanol–water partition coefficient (Wildman–Crippen LogP) is 3.41. The number of hydrogen-bond donors (Lipinski definition) is 1. The SMILES string of the molecule is CC(Oc1ccccc1F)C(=O)Nc1cccc(S(=O)(=O)N2CCCCC2)c1. The summed E-state index contributed by atoms with van der Waals surface area (Å²) in [5, 5.41) is 2.63. The van der Waals surface area contributed by atoms with Gasteiger partial charge < -0.3 is 10.1 Å². The van der Waals surface area contributed by atoms with E-state index in [0.717, 1.165) is 19.3 Å². The van der Waals surface area contributed by atoms with E-state index >= 15 is 0 Å². The highest BCUT2D eigenvalue weighted by Crippen LogP contribution is 2.23. The van der Waals surface area contributed by atoms with Crippen LogP contribution in [0.5, 0.6) is 5.75 Å². The lowest BCUT2D eigenvalue weighted by Crippen LogP contribution is -2.35. The molecular formula is C20H23FN2O4S. The Morgan fingerprint density at radius 2 is 1.82 bits per heavy atom. The Labute approximate surface area is 164 Å². The number of hydrogen-bond acceptors (Lipinski definition) is 4. The molecule has 0 aliphatic carbocycles. The summed E-state index contributed by atoms with van der Waals surface area (Å²) in [6.07, 6.45) is 1.77. The zero-order valence-electron chi connectivity index (χ0n) is 15.6. The molecule has 3 rings (SSSR count). The van der Waals surface area contributed by atoms with Crippen molar-refractivity contribution in [3.8, 4) is 5.75 Å². The van der Waals surface area contributed by atoms with Gasteiger partial charge in [-0.3, -0.25) is 4.79 Å². The van der Waals surface area contributed by atoms with Gasteiger partial charge >= 0.3 is 0 Å². The maximum Gasteiger partial charge on any atom is 0.265 e. The minimum Gasteiger partial charge on any atom is -0.478 e. The second-order valence-electron chi connectivity index (χ2n) is 6.67. The lowest BCUT2D eigenvalue weighted by molar-refractivity contribution is -0.122. The molecule has 2 aromatic rings. The minimum atomic E-state index is -3.59. The summed E-state index contributed by atoms with van der Waals surface area (Å²) in [4.78, 5) is 12.5. The third kappa shape index (κ3) is 4.69. The Kier molecular flexibility index (Phi) is 6.31. The number of anilines is 1. The van der Waals surface area contributed by atoms with Crippen LogP contribution in [0.1, 0.15) is 26.2 Å². The Morgan fingerprint density at radius 3 is 2.54 bits per heavy atom. The van der Waals surface area contributed by atoms with Crippen LogP contribution >= 0.6 is 0 Å². The Hall–Kier alpha value is -2.45. The third-order valence-corrected chi connectivity index (χ3v) is 6.46. The highest BCUT2D eigenvalue weighted by atomic mass is 32.2. The fourth-order valence-corrected chi connectivity index (χ4v) is 4.58. The molecule has 0 spiro atoms. The van der Waals surface area contributed by atoms with E-state index in [2.05, 4.69) is 5.32 Å². The first-order valence-electron chi connectivity index (χ1n) is 9.20. The molecule has 1 aliphatic rings. The third-order valence-electron chi connectivity index (χ3n) is 4.56. The molecule has 1 heterocycles. The molecule has 1 atom stereocenters. The summed E-state index contributed by atoms with van der Waals surface area (Å²) >= 11 is 0. The van der Waals surface area contributed by atoms with Crippen LogP contribution < -0.4 is 10.1 Å². The summed E-state index contributed by atoms with van der Waals surface area (Å²) in [6, 6.07) is 11.9. The number of piperidine rings is 1. The van der Waals surface area contributed by atoms with Crippen molar-refractivity contribution in [2.24, 2.45) is 0 Å². The highest BCUT2D eigenvalue weighted by molar-refractivity contribution is 7.89. The number of nitrogens with zero attached hydrogens (tertiary/aromatic N) is 1. The van der Waals surface area contributed by atoms with Gasteiger partial charge in [0.05, 0.1) is 4.90 Å². The molecule has 1 aliphatic heterocycles. The van der Waals surface area contributed by atoms with Gasteiger partial charge in [-0.15, -0.1) is 0 Å². The maximum absolute atomic E-state index is 13.7. The van der Waals surface area contributed by atoms with Gasteiger partial charge in [0, 0.05) is 18.8 Å². The van der Waals surface area contributed by atoms with Crippen LogP contribution in [0.25, 0.3) is 0 Å². The van der Waals surface area contributed by atoms with Gasteiger partial charge in [0.15, 0.2) is 17.7 Å².